The molecule has 2 aromatic heterocycles. The number of fused-ring (bicyclic) bond motifs is 3. The Labute approximate surface area is 167 Å². The summed E-state index contributed by atoms with van der Waals surface area (Å²) in [5.74, 6) is 0. The van der Waals surface area contributed by atoms with E-state index in [0.717, 1.165) is 17.6 Å². The third kappa shape index (κ3) is 3.28. The zero-order valence-electron chi connectivity index (χ0n) is 17.8. The van der Waals surface area contributed by atoms with Crippen molar-refractivity contribution in [3.63, 3.8) is 0 Å². The fraction of sp³-hybridized carbons (Fsp3) is 0.308. The number of aryl methyl sites for hydroxylation is 3. The summed E-state index contributed by atoms with van der Waals surface area (Å²) in [6.07, 6.45) is 3.34. The zero-order chi connectivity index (χ0) is 20.1. The molecule has 2 aromatic carbocycles. The molecule has 0 aliphatic rings. The lowest BCUT2D eigenvalue weighted by molar-refractivity contribution is -0.660. The molecule has 0 aliphatic carbocycles. The largest absolute Gasteiger partial charge is 0.252 e. The molecule has 0 bridgehead atoms. The second-order valence-electron chi connectivity index (χ2n) is 9.17. The molecule has 0 unspecified atom stereocenters. The average molecular weight is 370 g/mol. The van der Waals surface area contributed by atoms with Crippen LogP contribution in [0.1, 0.15) is 37.6 Å². The van der Waals surface area contributed by atoms with Gasteiger partial charge in [-0.15, -0.1) is 0 Å². The summed E-state index contributed by atoms with van der Waals surface area (Å²) in [6.45, 7) is 11.2. The Bertz CT molecular complexity index is 1200. The number of benzene rings is 2. The van der Waals surface area contributed by atoms with Gasteiger partial charge in [-0.1, -0.05) is 57.2 Å². The second-order valence-corrected chi connectivity index (χ2v) is 9.17. The Morgan fingerprint density at radius 2 is 1.57 bits per heavy atom. The summed E-state index contributed by atoms with van der Waals surface area (Å²) < 4.78 is 2.26. The Morgan fingerprint density at radius 3 is 2.25 bits per heavy atom. The third-order valence-corrected chi connectivity index (χ3v) is 5.46. The second kappa shape index (κ2) is 6.70. The van der Waals surface area contributed by atoms with Crippen LogP contribution in [0.4, 0.5) is 0 Å². The first-order valence-corrected chi connectivity index (χ1v) is 10.0. The lowest BCUT2D eigenvalue weighted by Crippen LogP contribution is -2.32. The standard InChI is InChI=1S/C26H29N2/c1-17-11-13-22-21-10-8-7-9-20(21)18(2)27-25(22)24(17)23-14-12-19(16-28(23)6)15-26(3,4)5/h7-14,16H,15H2,1-6H3/q+1. The van der Waals surface area contributed by atoms with Crippen LogP contribution in [0.15, 0.2) is 54.7 Å². The molecule has 0 saturated carbocycles. The van der Waals surface area contributed by atoms with E-state index in [1.54, 1.807) is 0 Å². The average Bonchev–Trinajstić information content (AvgIpc) is 2.62. The molecule has 28 heavy (non-hydrogen) atoms. The third-order valence-electron chi connectivity index (χ3n) is 5.46. The van der Waals surface area contributed by atoms with Gasteiger partial charge in [0.15, 0.2) is 6.20 Å². The molecule has 0 aliphatic heterocycles. The van der Waals surface area contributed by atoms with Gasteiger partial charge in [0.25, 0.3) is 0 Å². The van der Waals surface area contributed by atoms with Crippen LogP contribution in [0.2, 0.25) is 0 Å². The maximum Gasteiger partial charge on any atom is 0.214 e. The van der Waals surface area contributed by atoms with E-state index in [9.17, 15) is 0 Å². The van der Waals surface area contributed by atoms with Crippen molar-refractivity contribution in [1.82, 2.24) is 4.98 Å². The molecule has 4 aromatic rings. The van der Waals surface area contributed by atoms with E-state index in [1.165, 1.54) is 38.5 Å². The zero-order valence-corrected chi connectivity index (χ0v) is 17.8. The molecule has 0 N–H and O–H groups in total. The fourth-order valence-electron chi connectivity index (χ4n) is 4.25. The maximum atomic E-state index is 5.05. The van der Waals surface area contributed by atoms with Gasteiger partial charge >= 0.3 is 0 Å². The van der Waals surface area contributed by atoms with E-state index < -0.39 is 0 Å². The van der Waals surface area contributed by atoms with Gasteiger partial charge < -0.3 is 0 Å². The summed E-state index contributed by atoms with van der Waals surface area (Å²) in [6, 6.07) is 17.5. The number of pyridine rings is 2. The first kappa shape index (κ1) is 18.6. The van der Waals surface area contributed by atoms with E-state index in [4.69, 9.17) is 4.98 Å². The number of aromatic nitrogens is 2. The van der Waals surface area contributed by atoms with Crippen LogP contribution < -0.4 is 4.57 Å². The van der Waals surface area contributed by atoms with Crippen molar-refractivity contribution >= 4 is 21.7 Å². The van der Waals surface area contributed by atoms with Crippen molar-refractivity contribution in [3.05, 3.63) is 71.5 Å². The van der Waals surface area contributed by atoms with E-state index in [1.807, 2.05) is 0 Å². The molecule has 2 heterocycles. The Kier molecular flexibility index (Phi) is 4.45. The van der Waals surface area contributed by atoms with Crippen molar-refractivity contribution in [3.8, 4) is 11.3 Å². The molecule has 0 radical (unpaired) electrons. The van der Waals surface area contributed by atoms with E-state index in [0.29, 0.717) is 0 Å². The molecule has 0 atom stereocenters. The highest BCUT2D eigenvalue weighted by atomic mass is 14.9. The molecule has 0 saturated heterocycles. The summed E-state index contributed by atoms with van der Waals surface area (Å²) in [4.78, 5) is 5.05. The minimum absolute atomic E-state index is 0.279. The summed E-state index contributed by atoms with van der Waals surface area (Å²) in [5, 5.41) is 3.73. The molecule has 142 valence electrons. The van der Waals surface area contributed by atoms with Crippen molar-refractivity contribution in [2.75, 3.05) is 0 Å². The maximum absolute atomic E-state index is 5.05. The minimum atomic E-state index is 0.279. The van der Waals surface area contributed by atoms with Crippen LogP contribution in [0.3, 0.4) is 0 Å². The number of hydrogen-bond donors (Lipinski definition) is 0. The Morgan fingerprint density at radius 1 is 0.857 bits per heavy atom. The van der Waals surface area contributed by atoms with Gasteiger partial charge in [0.05, 0.1) is 11.1 Å². The Hall–Kier alpha value is -2.74. The molecule has 2 heteroatoms. The number of nitrogens with zero attached hydrogens (tertiary/aromatic N) is 2. The lowest BCUT2D eigenvalue weighted by Gasteiger charge is -2.17. The minimum Gasteiger partial charge on any atom is -0.252 e. The van der Waals surface area contributed by atoms with Crippen LogP contribution in [0.5, 0.6) is 0 Å². The predicted molar refractivity (Wildman–Crippen MR) is 118 cm³/mol. The molecular weight excluding hydrogens is 340 g/mol. The Balaban J connectivity index is 1.98. The monoisotopic (exact) mass is 369 g/mol. The fourth-order valence-corrected chi connectivity index (χ4v) is 4.25. The van der Waals surface area contributed by atoms with E-state index in [-0.39, 0.29) is 5.41 Å². The first-order valence-electron chi connectivity index (χ1n) is 10.0. The van der Waals surface area contributed by atoms with Gasteiger partial charge in [0.1, 0.15) is 7.05 Å². The number of rotatable bonds is 2. The SMILES string of the molecule is Cc1ccc2c(nc(C)c3ccccc32)c1-c1ccc(CC(C)(C)C)c[n+]1C. The summed E-state index contributed by atoms with van der Waals surface area (Å²) in [5.41, 5.74) is 7.53. The smallest absolute Gasteiger partial charge is 0.214 e. The lowest BCUT2D eigenvalue weighted by atomic mass is 9.88. The van der Waals surface area contributed by atoms with E-state index >= 15 is 0 Å². The van der Waals surface area contributed by atoms with Gasteiger partial charge in [0, 0.05) is 28.1 Å². The van der Waals surface area contributed by atoms with Crippen LogP contribution in [0, 0.1) is 19.3 Å². The van der Waals surface area contributed by atoms with Gasteiger partial charge in [0.2, 0.25) is 5.69 Å². The van der Waals surface area contributed by atoms with Crippen LogP contribution in [-0.4, -0.2) is 4.98 Å². The van der Waals surface area contributed by atoms with Gasteiger partial charge in [-0.25, -0.2) is 4.57 Å². The van der Waals surface area contributed by atoms with Crippen molar-refractivity contribution in [1.29, 1.82) is 0 Å². The van der Waals surface area contributed by atoms with Crippen molar-refractivity contribution < 1.29 is 4.57 Å². The molecule has 0 amide bonds. The first-order chi connectivity index (χ1) is 13.2. The van der Waals surface area contributed by atoms with Gasteiger partial charge in [-0.05, 0) is 42.7 Å². The van der Waals surface area contributed by atoms with Crippen molar-refractivity contribution in [2.45, 2.75) is 41.0 Å². The summed E-state index contributed by atoms with van der Waals surface area (Å²) in [7, 11) is 2.15. The molecule has 4 rings (SSSR count). The van der Waals surface area contributed by atoms with Crippen LogP contribution >= 0.6 is 0 Å². The highest BCUT2D eigenvalue weighted by Gasteiger charge is 2.20. The van der Waals surface area contributed by atoms with Crippen molar-refractivity contribution in [2.24, 2.45) is 12.5 Å². The quantitative estimate of drug-likeness (QED) is 0.309. The molecular formula is C26H29N2+. The molecule has 0 fully saturated rings. The van der Waals surface area contributed by atoms with Crippen LogP contribution in [-0.2, 0) is 13.5 Å². The highest BCUT2D eigenvalue weighted by Crippen LogP contribution is 2.34. The predicted octanol–water partition coefficient (Wildman–Crippen LogP) is 6.08. The molecule has 0 spiro atoms. The number of hydrogen-bond acceptors (Lipinski definition) is 1. The summed E-state index contributed by atoms with van der Waals surface area (Å²) >= 11 is 0. The van der Waals surface area contributed by atoms with Crippen LogP contribution in [0.25, 0.3) is 32.9 Å². The highest BCUT2D eigenvalue weighted by molar-refractivity contribution is 6.10. The van der Waals surface area contributed by atoms with Gasteiger partial charge in [-0.3, -0.25) is 4.98 Å². The van der Waals surface area contributed by atoms with Gasteiger partial charge in [-0.2, -0.15) is 0 Å². The topological polar surface area (TPSA) is 16.8 Å². The normalized spacial score (nSPS) is 12.1. The van der Waals surface area contributed by atoms with E-state index in [2.05, 4.69) is 101 Å². The molecule has 2 nitrogen and oxygen atoms in total.